The van der Waals surface area contributed by atoms with Gasteiger partial charge in [0.2, 0.25) is 0 Å². The Morgan fingerprint density at radius 1 is 1.04 bits per heavy atom. The first-order valence-corrected chi connectivity index (χ1v) is 8.23. The van der Waals surface area contributed by atoms with Gasteiger partial charge in [-0.3, -0.25) is 0 Å². The van der Waals surface area contributed by atoms with Crippen LogP contribution in [0, 0.1) is 0 Å². The quantitative estimate of drug-likeness (QED) is 0.546. The summed E-state index contributed by atoms with van der Waals surface area (Å²) in [6.07, 6.45) is -4.76. The molecule has 0 aliphatic rings. The zero-order valence-electron chi connectivity index (χ0n) is 15.3. The summed E-state index contributed by atoms with van der Waals surface area (Å²) < 4.78 is 51.9. The predicted molar refractivity (Wildman–Crippen MR) is 96.2 cm³/mol. The summed E-state index contributed by atoms with van der Waals surface area (Å²) in [5, 5.41) is 0. The van der Waals surface area contributed by atoms with E-state index in [0.29, 0.717) is 13.1 Å². The Morgan fingerprint density at radius 2 is 1.70 bits per heavy atom. The molecule has 0 aromatic heterocycles. The van der Waals surface area contributed by atoms with Gasteiger partial charge in [-0.25, -0.2) is 4.99 Å². The van der Waals surface area contributed by atoms with Crippen molar-refractivity contribution in [2.24, 2.45) is 4.99 Å². The first kappa shape index (κ1) is 20.4. The number of halogens is 3. The molecule has 2 rings (SSSR count). The van der Waals surface area contributed by atoms with Crippen LogP contribution < -0.4 is 14.2 Å². The van der Waals surface area contributed by atoms with Crippen LogP contribution >= 0.6 is 0 Å². The van der Waals surface area contributed by atoms with Crippen molar-refractivity contribution in [1.82, 2.24) is 4.90 Å². The van der Waals surface area contributed by atoms with E-state index in [-0.39, 0.29) is 17.5 Å². The average Bonchev–Trinajstić information content (AvgIpc) is 2.64. The second-order valence-corrected chi connectivity index (χ2v) is 5.49. The van der Waals surface area contributed by atoms with Crippen LogP contribution in [-0.2, 0) is 6.54 Å². The molecule has 27 heavy (non-hydrogen) atoms. The van der Waals surface area contributed by atoms with E-state index in [1.54, 1.807) is 14.2 Å². The number of methoxy groups -OCH3 is 1. The van der Waals surface area contributed by atoms with Gasteiger partial charge in [-0.15, -0.1) is 13.2 Å². The third-order valence-electron chi connectivity index (χ3n) is 3.62. The number of amidine groups is 1. The van der Waals surface area contributed by atoms with Gasteiger partial charge in [-0.2, -0.15) is 0 Å². The standard InChI is InChI=1S/C19H21F3N2O3/c1-4-24(13-14-8-10-15(25-3)11-9-14)18(23-2)26-16-6-5-7-17(12-16)27-19(20,21)22/h5-12H,4,13H2,1-3H3. The molecule has 0 radical (unpaired) electrons. The Kier molecular flexibility index (Phi) is 6.92. The van der Waals surface area contributed by atoms with Crippen molar-refractivity contribution in [3.8, 4) is 17.2 Å². The molecular weight excluding hydrogens is 361 g/mol. The lowest BCUT2D eigenvalue weighted by Crippen LogP contribution is -2.34. The van der Waals surface area contributed by atoms with E-state index in [4.69, 9.17) is 9.47 Å². The molecule has 0 spiro atoms. The fourth-order valence-electron chi connectivity index (χ4n) is 2.36. The number of hydrogen-bond donors (Lipinski definition) is 0. The van der Waals surface area contributed by atoms with E-state index in [1.165, 1.54) is 24.3 Å². The minimum absolute atomic E-state index is 0.200. The molecule has 5 nitrogen and oxygen atoms in total. The summed E-state index contributed by atoms with van der Waals surface area (Å²) >= 11 is 0. The average molecular weight is 382 g/mol. The predicted octanol–water partition coefficient (Wildman–Crippen LogP) is 4.48. The Bertz CT molecular complexity index is 762. The minimum Gasteiger partial charge on any atom is -0.497 e. The van der Waals surface area contributed by atoms with Crippen molar-refractivity contribution in [3.63, 3.8) is 0 Å². The van der Waals surface area contributed by atoms with Crippen molar-refractivity contribution in [1.29, 1.82) is 0 Å². The van der Waals surface area contributed by atoms with E-state index in [1.807, 2.05) is 36.1 Å². The molecule has 0 unspecified atom stereocenters. The summed E-state index contributed by atoms with van der Waals surface area (Å²) in [5.41, 5.74) is 1.01. The van der Waals surface area contributed by atoms with Gasteiger partial charge in [0.15, 0.2) is 0 Å². The Morgan fingerprint density at radius 3 is 2.26 bits per heavy atom. The van der Waals surface area contributed by atoms with Crippen molar-refractivity contribution < 1.29 is 27.4 Å². The molecule has 0 heterocycles. The highest BCUT2D eigenvalue weighted by Gasteiger charge is 2.31. The first-order valence-electron chi connectivity index (χ1n) is 8.23. The number of aliphatic imine (C=N–C) groups is 1. The lowest BCUT2D eigenvalue weighted by molar-refractivity contribution is -0.274. The van der Waals surface area contributed by atoms with Crippen molar-refractivity contribution >= 4 is 6.02 Å². The van der Waals surface area contributed by atoms with Gasteiger partial charge in [0.25, 0.3) is 6.02 Å². The molecular formula is C19H21F3N2O3. The SMILES string of the molecule is CCN(Cc1ccc(OC)cc1)C(=NC)Oc1cccc(OC(F)(F)F)c1. The van der Waals surface area contributed by atoms with Crippen molar-refractivity contribution in [3.05, 3.63) is 54.1 Å². The molecule has 0 bridgehead atoms. The lowest BCUT2D eigenvalue weighted by atomic mass is 10.2. The highest BCUT2D eigenvalue weighted by molar-refractivity contribution is 5.76. The topological polar surface area (TPSA) is 43.3 Å². The van der Waals surface area contributed by atoms with E-state index in [0.717, 1.165) is 11.3 Å². The molecule has 0 aliphatic heterocycles. The molecule has 0 saturated heterocycles. The van der Waals surface area contributed by atoms with Crippen LogP contribution in [0.2, 0.25) is 0 Å². The molecule has 0 atom stereocenters. The van der Waals surface area contributed by atoms with Crippen LogP contribution in [0.1, 0.15) is 12.5 Å². The summed E-state index contributed by atoms with van der Waals surface area (Å²) in [6, 6.07) is 13.2. The Hall–Kier alpha value is -2.90. The van der Waals surface area contributed by atoms with Crippen LogP contribution in [0.5, 0.6) is 17.2 Å². The molecule has 0 amide bonds. The Labute approximate surface area is 156 Å². The summed E-state index contributed by atoms with van der Waals surface area (Å²) in [7, 11) is 3.15. The van der Waals surface area contributed by atoms with Crippen LogP contribution in [0.3, 0.4) is 0 Å². The van der Waals surface area contributed by atoms with Gasteiger partial charge in [0, 0.05) is 26.2 Å². The number of hydrogen-bond acceptors (Lipinski definition) is 4. The van der Waals surface area contributed by atoms with Crippen LogP contribution in [0.25, 0.3) is 0 Å². The van der Waals surface area contributed by atoms with Crippen molar-refractivity contribution in [2.45, 2.75) is 19.8 Å². The van der Waals surface area contributed by atoms with Gasteiger partial charge in [-0.1, -0.05) is 18.2 Å². The normalized spacial score (nSPS) is 11.9. The lowest BCUT2D eigenvalue weighted by Gasteiger charge is -2.24. The molecule has 2 aromatic carbocycles. The molecule has 8 heteroatoms. The summed E-state index contributed by atoms with van der Waals surface area (Å²) in [4.78, 5) is 5.98. The maximum Gasteiger partial charge on any atom is 0.573 e. The zero-order chi connectivity index (χ0) is 19.9. The monoisotopic (exact) mass is 382 g/mol. The van der Waals surface area contributed by atoms with Gasteiger partial charge in [0.05, 0.1) is 7.11 Å². The molecule has 146 valence electrons. The van der Waals surface area contributed by atoms with Gasteiger partial charge in [-0.05, 0) is 36.8 Å². The second kappa shape index (κ2) is 9.16. The van der Waals surface area contributed by atoms with E-state index >= 15 is 0 Å². The molecule has 0 fully saturated rings. The van der Waals surface area contributed by atoms with E-state index in [2.05, 4.69) is 9.73 Å². The maximum absolute atomic E-state index is 12.4. The number of ether oxygens (including phenoxy) is 3. The smallest absolute Gasteiger partial charge is 0.497 e. The van der Waals surface area contributed by atoms with Gasteiger partial charge >= 0.3 is 6.36 Å². The van der Waals surface area contributed by atoms with E-state index in [9.17, 15) is 13.2 Å². The van der Waals surface area contributed by atoms with Crippen molar-refractivity contribution in [2.75, 3.05) is 20.7 Å². The maximum atomic E-state index is 12.4. The number of nitrogens with zero attached hydrogens (tertiary/aromatic N) is 2. The summed E-state index contributed by atoms with van der Waals surface area (Å²) in [5.74, 6) is 0.600. The molecule has 0 aliphatic carbocycles. The molecule has 0 N–H and O–H groups in total. The summed E-state index contributed by atoms with van der Waals surface area (Å²) in [6.45, 7) is 3.05. The molecule has 0 saturated carbocycles. The van der Waals surface area contributed by atoms with Gasteiger partial charge < -0.3 is 19.1 Å². The van der Waals surface area contributed by atoms with E-state index < -0.39 is 6.36 Å². The second-order valence-electron chi connectivity index (χ2n) is 5.49. The number of rotatable bonds is 6. The minimum atomic E-state index is -4.76. The third kappa shape index (κ3) is 6.40. The molecule has 2 aromatic rings. The van der Waals surface area contributed by atoms with Crippen LogP contribution in [0.4, 0.5) is 13.2 Å². The third-order valence-corrected chi connectivity index (χ3v) is 3.62. The number of alkyl halides is 3. The highest BCUT2D eigenvalue weighted by Crippen LogP contribution is 2.26. The van der Waals surface area contributed by atoms with Crippen LogP contribution in [0.15, 0.2) is 53.5 Å². The largest absolute Gasteiger partial charge is 0.573 e. The fourth-order valence-corrected chi connectivity index (χ4v) is 2.36. The highest BCUT2D eigenvalue weighted by atomic mass is 19.4. The Balaban J connectivity index is 2.11. The first-order chi connectivity index (χ1) is 12.8. The zero-order valence-corrected chi connectivity index (χ0v) is 15.3. The van der Waals surface area contributed by atoms with Crippen LogP contribution in [-0.4, -0.2) is 38.0 Å². The fraction of sp³-hybridized carbons (Fsp3) is 0.316. The van der Waals surface area contributed by atoms with Gasteiger partial charge in [0.1, 0.15) is 17.2 Å². The number of benzene rings is 2.